The van der Waals surface area contributed by atoms with Crippen LogP contribution in [0, 0.1) is 5.92 Å². The number of para-hydroxylation sites is 2. The van der Waals surface area contributed by atoms with Crippen molar-refractivity contribution in [1.29, 1.82) is 0 Å². The van der Waals surface area contributed by atoms with E-state index in [0.717, 1.165) is 24.4 Å². The first-order chi connectivity index (χ1) is 9.63. The molecule has 0 unspecified atom stereocenters. The van der Waals surface area contributed by atoms with Gasteiger partial charge in [-0.25, -0.2) is 0 Å². The monoisotopic (exact) mass is 278 g/mol. The summed E-state index contributed by atoms with van der Waals surface area (Å²) in [7, 11) is 0. The van der Waals surface area contributed by atoms with E-state index in [1.54, 1.807) is 0 Å². The van der Waals surface area contributed by atoms with Gasteiger partial charge in [0, 0.05) is 19.5 Å². The molecule has 0 atom stereocenters. The zero-order valence-electron chi connectivity index (χ0n) is 12.7. The van der Waals surface area contributed by atoms with Crippen molar-refractivity contribution in [3.05, 3.63) is 24.3 Å². The lowest BCUT2D eigenvalue weighted by Crippen LogP contribution is -2.27. The predicted molar refractivity (Wildman–Crippen MR) is 83.2 cm³/mol. The number of amides is 1. The van der Waals surface area contributed by atoms with Crippen LogP contribution in [0.25, 0.3) is 0 Å². The summed E-state index contributed by atoms with van der Waals surface area (Å²) in [5.41, 5.74) is 0.935. The second-order valence-corrected chi connectivity index (χ2v) is 5.14. The summed E-state index contributed by atoms with van der Waals surface area (Å²) in [4.78, 5) is 11.6. The number of ether oxygens (including phenoxy) is 1. The maximum atomic E-state index is 11.6. The Hall–Kier alpha value is -1.71. The highest BCUT2D eigenvalue weighted by atomic mass is 16.5. The molecule has 0 saturated carbocycles. The predicted octanol–water partition coefficient (Wildman–Crippen LogP) is 3.05. The molecular weight excluding hydrogens is 252 g/mol. The van der Waals surface area contributed by atoms with Gasteiger partial charge in [-0.1, -0.05) is 26.0 Å². The molecule has 1 rings (SSSR count). The zero-order chi connectivity index (χ0) is 14.8. The maximum Gasteiger partial charge on any atom is 0.221 e. The van der Waals surface area contributed by atoms with Crippen molar-refractivity contribution in [3.8, 4) is 5.75 Å². The van der Waals surface area contributed by atoms with Gasteiger partial charge in [-0.15, -0.1) is 0 Å². The van der Waals surface area contributed by atoms with Crippen LogP contribution in [0.4, 0.5) is 5.69 Å². The van der Waals surface area contributed by atoms with E-state index in [9.17, 15) is 4.79 Å². The molecule has 0 radical (unpaired) electrons. The van der Waals surface area contributed by atoms with Crippen LogP contribution < -0.4 is 15.4 Å². The lowest BCUT2D eigenvalue weighted by atomic mass is 10.1. The SMILES string of the molecule is CCOc1ccccc1NCCC(=O)NCCC(C)C. The lowest BCUT2D eigenvalue weighted by molar-refractivity contribution is -0.120. The molecule has 1 aromatic carbocycles. The minimum absolute atomic E-state index is 0.0899. The number of hydrogen-bond donors (Lipinski definition) is 2. The van der Waals surface area contributed by atoms with Crippen LogP contribution in [-0.4, -0.2) is 25.6 Å². The summed E-state index contributed by atoms with van der Waals surface area (Å²) in [6, 6.07) is 7.78. The first kappa shape index (κ1) is 16.3. The Morgan fingerprint density at radius 3 is 2.70 bits per heavy atom. The molecule has 2 N–H and O–H groups in total. The van der Waals surface area contributed by atoms with Crippen molar-refractivity contribution < 1.29 is 9.53 Å². The van der Waals surface area contributed by atoms with Crippen molar-refractivity contribution in [2.24, 2.45) is 5.92 Å². The molecular formula is C16H26N2O2. The summed E-state index contributed by atoms with van der Waals surface area (Å²) in [6.45, 7) is 8.26. The molecule has 0 saturated heterocycles. The average molecular weight is 278 g/mol. The van der Waals surface area contributed by atoms with Gasteiger partial charge in [0.15, 0.2) is 0 Å². The van der Waals surface area contributed by atoms with Crippen LogP contribution in [0.3, 0.4) is 0 Å². The van der Waals surface area contributed by atoms with E-state index in [1.165, 1.54) is 0 Å². The molecule has 0 aliphatic rings. The number of carbonyl (C=O) groups is 1. The third kappa shape index (κ3) is 6.45. The van der Waals surface area contributed by atoms with E-state index in [2.05, 4.69) is 24.5 Å². The van der Waals surface area contributed by atoms with E-state index in [1.807, 2.05) is 31.2 Å². The minimum Gasteiger partial charge on any atom is -0.492 e. The third-order valence-electron chi connectivity index (χ3n) is 2.90. The molecule has 0 fully saturated rings. The van der Waals surface area contributed by atoms with Crippen LogP contribution >= 0.6 is 0 Å². The fourth-order valence-corrected chi connectivity index (χ4v) is 1.79. The van der Waals surface area contributed by atoms with Gasteiger partial charge in [-0.05, 0) is 31.4 Å². The normalized spacial score (nSPS) is 10.4. The van der Waals surface area contributed by atoms with Crippen molar-refractivity contribution in [2.45, 2.75) is 33.6 Å². The number of carbonyl (C=O) groups excluding carboxylic acids is 1. The summed E-state index contributed by atoms with van der Waals surface area (Å²) >= 11 is 0. The number of benzene rings is 1. The summed E-state index contributed by atoms with van der Waals surface area (Å²) in [5.74, 6) is 1.54. The van der Waals surface area contributed by atoms with Gasteiger partial charge in [0.25, 0.3) is 0 Å². The van der Waals surface area contributed by atoms with Gasteiger partial charge in [0.2, 0.25) is 5.91 Å². The Morgan fingerprint density at radius 1 is 1.25 bits per heavy atom. The van der Waals surface area contributed by atoms with Gasteiger partial charge >= 0.3 is 0 Å². The Balaban J connectivity index is 2.28. The van der Waals surface area contributed by atoms with Crippen LogP contribution in [-0.2, 0) is 4.79 Å². The topological polar surface area (TPSA) is 50.4 Å². The minimum atomic E-state index is 0.0899. The van der Waals surface area contributed by atoms with Gasteiger partial charge in [-0.2, -0.15) is 0 Å². The summed E-state index contributed by atoms with van der Waals surface area (Å²) in [5, 5.41) is 6.17. The highest BCUT2D eigenvalue weighted by molar-refractivity contribution is 5.76. The molecule has 1 amide bonds. The molecule has 112 valence electrons. The fraction of sp³-hybridized carbons (Fsp3) is 0.562. The van der Waals surface area contributed by atoms with Gasteiger partial charge in [-0.3, -0.25) is 4.79 Å². The molecule has 0 bridgehead atoms. The largest absolute Gasteiger partial charge is 0.492 e. The Morgan fingerprint density at radius 2 is 2.00 bits per heavy atom. The van der Waals surface area contributed by atoms with E-state index in [-0.39, 0.29) is 5.91 Å². The highest BCUT2D eigenvalue weighted by Crippen LogP contribution is 2.23. The fourth-order valence-electron chi connectivity index (χ4n) is 1.79. The summed E-state index contributed by atoms with van der Waals surface area (Å²) < 4.78 is 5.52. The molecule has 4 nitrogen and oxygen atoms in total. The summed E-state index contributed by atoms with van der Waals surface area (Å²) in [6.07, 6.45) is 1.49. The second kappa shape index (κ2) is 9.23. The molecule has 4 heteroatoms. The standard InChI is InChI=1S/C16H26N2O2/c1-4-20-15-8-6-5-7-14(15)17-12-10-16(19)18-11-9-13(2)3/h5-8,13,17H,4,9-12H2,1-3H3,(H,18,19). The smallest absolute Gasteiger partial charge is 0.221 e. The molecule has 20 heavy (non-hydrogen) atoms. The van der Waals surface area contributed by atoms with E-state index < -0.39 is 0 Å². The maximum absolute atomic E-state index is 11.6. The van der Waals surface area contributed by atoms with Gasteiger partial charge < -0.3 is 15.4 Å². The van der Waals surface area contributed by atoms with E-state index in [4.69, 9.17) is 4.74 Å². The molecule has 0 aromatic heterocycles. The van der Waals surface area contributed by atoms with Crippen LogP contribution in [0.1, 0.15) is 33.6 Å². The molecule has 0 aliphatic carbocycles. The van der Waals surface area contributed by atoms with Crippen LogP contribution in [0.15, 0.2) is 24.3 Å². The number of rotatable bonds is 9. The lowest BCUT2D eigenvalue weighted by Gasteiger charge is -2.12. The molecule has 0 heterocycles. The van der Waals surface area contributed by atoms with Gasteiger partial charge in [0.1, 0.15) is 5.75 Å². The number of hydrogen-bond acceptors (Lipinski definition) is 3. The quantitative estimate of drug-likeness (QED) is 0.730. The van der Waals surface area contributed by atoms with Crippen molar-refractivity contribution >= 4 is 11.6 Å². The first-order valence-electron chi connectivity index (χ1n) is 7.35. The molecule has 1 aromatic rings. The Bertz CT molecular complexity index is 405. The number of anilines is 1. The van der Waals surface area contributed by atoms with Crippen molar-refractivity contribution in [2.75, 3.05) is 25.0 Å². The second-order valence-electron chi connectivity index (χ2n) is 5.14. The van der Waals surface area contributed by atoms with Crippen molar-refractivity contribution in [1.82, 2.24) is 5.32 Å². The third-order valence-corrected chi connectivity index (χ3v) is 2.90. The molecule has 0 spiro atoms. The Kier molecular flexibility index (Phi) is 7.55. The van der Waals surface area contributed by atoms with Gasteiger partial charge in [0.05, 0.1) is 12.3 Å². The number of nitrogens with one attached hydrogen (secondary N) is 2. The highest BCUT2D eigenvalue weighted by Gasteiger charge is 2.04. The first-order valence-corrected chi connectivity index (χ1v) is 7.35. The van der Waals surface area contributed by atoms with Crippen LogP contribution in [0.2, 0.25) is 0 Å². The van der Waals surface area contributed by atoms with E-state index in [0.29, 0.717) is 25.5 Å². The van der Waals surface area contributed by atoms with Crippen molar-refractivity contribution in [3.63, 3.8) is 0 Å². The van der Waals surface area contributed by atoms with Crippen LogP contribution in [0.5, 0.6) is 5.75 Å². The Labute approximate surface area is 121 Å². The van der Waals surface area contributed by atoms with E-state index >= 15 is 0 Å². The average Bonchev–Trinajstić information content (AvgIpc) is 2.40. The molecule has 0 aliphatic heterocycles. The zero-order valence-corrected chi connectivity index (χ0v) is 12.7.